The Morgan fingerprint density at radius 3 is 2.40 bits per heavy atom. The molecule has 1 N–H and O–H groups in total. The molecule has 6 nitrogen and oxygen atoms in total. The lowest BCUT2D eigenvalue weighted by Crippen LogP contribution is -2.29. The van der Waals surface area contributed by atoms with Gasteiger partial charge in [0.15, 0.2) is 0 Å². The summed E-state index contributed by atoms with van der Waals surface area (Å²) in [4.78, 5) is 12.6. The Bertz CT molecular complexity index is 798. The van der Waals surface area contributed by atoms with E-state index in [0.29, 0.717) is 11.5 Å². The molecular weight excluding hydrogens is 314 g/mol. The molecule has 0 bridgehead atoms. The molecule has 1 unspecified atom stereocenters. The van der Waals surface area contributed by atoms with Crippen LogP contribution in [0.1, 0.15) is 42.2 Å². The number of aromatic nitrogens is 4. The number of carbonyl (C=O) groups is 1. The zero-order valence-corrected chi connectivity index (χ0v) is 14.3. The number of tetrazole rings is 1. The Morgan fingerprint density at radius 2 is 1.80 bits per heavy atom. The van der Waals surface area contributed by atoms with E-state index in [0.717, 1.165) is 17.7 Å². The van der Waals surface area contributed by atoms with Crippen LogP contribution in [0.15, 0.2) is 60.9 Å². The minimum absolute atomic E-state index is 0.00658. The molecule has 25 heavy (non-hydrogen) atoms. The molecule has 1 amide bonds. The van der Waals surface area contributed by atoms with Crippen molar-refractivity contribution in [2.45, 2.75) is 26.3 Å². The van der Waals surface area contributed by atoms with Crippen LogP contribution in [0.5, 0.6) is 0 Å². The lowest BCUT2D eigenvalue weighted by molar-refractivity contribution is 0.0932. The number of nitrogens with one attached hydrogen (secondary N) is 1. The van der Waals surface area contributed by atoms with Crippen LogP contribution < -0.4 is 5.32 Å². The summed E-state index contributed by atoms with van der Waals surface area (Å²) in [6.07, 6.45) is 2.40. The van der Waals surface area contributed by atoms with Gasteiger partial charge in [0.1, 0.15) is 6.33 Å². The van der Waals surface area contributed by atoms with Crippen LogP contribution in [0.2, 0.25) is 0 Å². The van der Waals surface area contributed by atoms with Gasteiger partial charge in [0.05, 0.1) is 11.7 Å². The molecule has 0 saturated heterocycles. The second-order valence-corrected chi connectivity index (χ2v) is 6.37. The summed E-state index contributed by atoms with van der Waals surface area (Å²) >= 11 is 0. The third-order valence-corrected chi connectivity index (χ3v) is 3.96. The van der Waals surface area contributed by atoms with Crippen molar-refractivity contribution in [2.24, 2.45) is 5.92 Å². The van der Waals surface area contributed by atoms with Gasteiger partial charge in [0, 0.05) is 5.56 Å². The van der Waals surface area contributed by atoms with E-state index in [4.69, 9.17) is 0 Å². The fourth-order valence-electron chi connectivity index (χ4n) is 2.72. The zero-order chi connectivity index (χ0) is 17.6. The van der Waals surface area contributed by atoms with E-state index < -0.39 is 0 Å². The van der Waals surface area contributed by atoms with Gasteiger partial charge < -0.3 is 5.32 Å². The molecule has 1 aromatic heterocycles. The van der Waals surface area contributed by atoms with Crippen LogP contribution in [0, 0.1) is 5.92 Å². The molecule has 0 saturated carbocycles. The Hall–Kier alpha value is -3.02. The van der Waals surface area contributed by atoms with Gasteiger partial charge in [-0.05, 0) is 52.6 Å². The van der Waals surface area contributed by atoms with Crippen LogP contribution in [0.3, 0.4) is 0 Å². The Kier molecular flexibility index (Phi) is 5.18. The van der Waals surface area contributed by atoms with Crippen molar-refractivity contribution in [3.05, 3.63) is 72.1 Å². The summed E-state index contributed by atoms with van der Waals surface area (Å²) in [5, 5.41) is 14.2. The molecule has 1 atom stereocenters. The number of carbonyl (C=O) groups excluding carboxylic acids is 1. The molecule has 0 spiro atoms. The third-order valence-electron chi connectivity index (χ3n) is 3.96. The van der Waals surface area contributed by atoms with Gasteiger partial charge in [0.2, 0.25) is 0 Å². The maximum atomic E-state index is 12.6. The van der Waals surface area contributed by atoms with Gasteiger partial charge in [-0.3, -0.25) is 4.79 Å². The molecule has 0 radical (unpaired) electrons. The van der Waals surface area contributed by atoms with Crippen LogP contribution in [-0.4, -0.2) is 26.1 Å². The summed E-state index contributed by atoms with van der Waals surface area (Å²) < 4.78 is 1.55. The molecule has 0 aliphatic carbocycles. The van der Waals surface area contributed by atoms with Crippen molar-refractivity contribution < 1.29 is 4.79 Å². The molecule has 3 rings (SSSR count). The molecule has 0 aliphatic heterocycles. The first-order valence-corrected chi connectivity index (χ1v) is 8.32. The highest BCUT2D eigenvalue weighted by Crippen LogP contribution is 2.21. The van der Waals surface area contributed by atoms with Crippen LogP contribution in [0.4, 0.5) is 0 Å². The maximum Gasteiger partial charge on any atom is 0.251 e. The quantitative estimate of drug-likeness (QED) is 0.751. The second-order valence-electron chi connectivity index (χ2n) is 6.37. The molecule has 6 heteroatoms. The van der Waals surface area contributed by atoms with Gasteiger partial charge >= 0.3 is 0 Å². The SMILES string of the molecule is CC(C)CC(NC(=O)c1ccc(-n2cnnn2)cc1)c1ccccc1. The van der Waals surface area contributed by atoms with E-state index in [2.05, 4.69) is 34.7 Å². The first-order chi connectivity index (χ1) is 12.1. The summed E-state index contributed by atoms with van der Waals surface area (Å²) in [6, 6.07) is 17.3. The summed E-state index contributed by atoms with van der Waals surface area (Å²) in [7, 11) is 0. The predicted molar refractivity (Wildman–Crippen MR) is 95.3 cm³/mol. The minimum atomic E-state index is -0.0854. The summed E-state index contributed by atoms with van der Waals surface area (Å²) in [5.41, 5.74) is 2.54. The zero-order valence-electron chi connectivity index (χ0n) is 14.3. The highest BCUT2D eigenvalue weighted by atomic mass is 16.1. The van der Waals surface area contributed by atoms with Gasteiger partial charge in [-0.15, -0.1) is 5.10 Å². The number of amides is 1. The van der Waals surface area contributed by atoms with Crippen molar-refractivity contribution in [2.75, 3.05) is 0 Å². The van der Waals surface area contributed by atoms with Gasteiger partial charge in [-0.1, -0.05) is 44.2 Å². The summed E-state index contributed by atoms with van der Waals surface area (Å²) in [6.45, 7) is 4.31. The van der Waals surface area contributed by atoms with E-state index >= 15 is 0 Å². The van der Waals surface area contributed by atoms with E-state index in [9.17, 15) is 4.79 Å². The topological polar surface area (TPSA) is 72.7 Å². The smallest absolute Gasteiger partial charge is 0.251 e. The lowest BCUT2D eigenvalue weighted by atomic mass is 9.96. The average Bonchev–Trinajstić information content (AvgIpc) is 3.16. The second kappa shape index (κ2) is 7.70. The first kappa shape index (κ1) is 16.8. The van der Waals surface area contributed by atoms with Crippen molar-refractivity contribution in [1.82, 2.24) is 25.5 Å². The van der Waals surface area contributed by atoms with Crippen molar-refractivity contribution >= 4 is 5.91 Å². The van der Waals surface area contributed by atoms with Crippen molar-refractivity contribution in [3.8, 4) is 5.69 Å². The van der Waals surface area contributed by atoms with Crippen molar-refractivity contribution in [3.63, 3.8) is 0 Å². The lowest BCUT2D eigenvalue weighted by Gasteiger charge is -2.21. The predicted octanol–water partition coefficient (Wildman–Crippen LogP) is 3.18. The Labute approximate surface area is 146 Å². The third kappa shape index (κ3) is 4.29. The number of hydrogen-bond donors (Lipinski definition) is 1. The number of nitrogens with zero attached hydrogens (tertiary/aromatic N) is 4. The number of rotatable bonds is 6. The normalized spacial score (nSPS) is 12.1. The monoisotopic (exact) mass is 335 g/mol. The van der Waals surface area contributed by atoms with Crippen LogP contribution >= 0.6 is 0 Å². The largest absolute Gasteiger partial charge is 0.345 e. The average molecular weight is 335 g/mol. The number of hydrogen-bond acceptors (Lipinski definition) is 4. The standard InChI is InChI=1S/C19H21N5O/c1-14(2)12-18(15-6-4-3-5-7-15)21-19(25)16-8-10-17(11-9-16)24-13-20-22-23-24/h3-11,13-14,18H,12H2,1-2H3,(H,21,25). The fourth-order valence-corrected chi connectivity index (χ4v) is 2.72. The Balaban J connectivity index is 1.74. The molecule has 0 aliphatic rings. The van der Waals surface area contributed by atoms with Crippen molar-refractivity contribution in [1.29, 1.82) is 0 Å². The molecule has 3 aromatic rings. The maximum absolute atomic E-state index is 12.6. The van der Waals surface area contributed by atoms with Gasteiger partial charge in [-0.2, -0.15) is 0 Å². The van der Waals surface area contributed by atoms with Gasteiger partial charge in [-0.25, -0.2) is 4.68 Å². The summed E-state index contributed by atoms with van der Waals surface area (Å²) in [5.74, 6) is 0.394. The van der Waals surface area contributed by atoms with Crippen LogP contribution in [-0.2, 0) is 0 Å². The van der Waals surface area contributed by atoms with E-state index in [1.54, 1.807) is 16.8 Å². The molecule has 128 valence electrons. The highest BCUT2D eigenvalue weighted by molar-refractivity contribution is 5.94. The highest BCUT2D eigenvalue weighted by Gasteiger charge is 2.17. The molecular formula is C19H21N5O. The molecule has 0 fully saturated rings. The Morgan fingerprint density at radius 1 is 1.08 bits per heavy atom. The number of benzene rings is 2. The first-order valence-electron chi connectivity index (χ1n) is 8.32. The minimum Gasteiger partial charge on any atom is -0.345 e. The van der Waals surface area contributed by atoms with E-state index in [1.807, 2.05) is 42.5 Å². The molecule has 1 heterocycles. The fraction of sp³-hybridized carbons (Fsp3) is 0.263. The van der Waals surface area contributed by atoms with E-state index in [1.165, 1.54) is 6.33 Å². The van der Waals surface area contributed by atoms with E-state index in [-0.39, 0.29) is 11.9 Å². The van der Waals surface area contributed by atoms with Gasteiger partial charge in [0.25, 0.3) is 5.91 Å². The molecule has 2 aromatic carbocycles. The van der Waals surface area contributed by atoms with Crippen LogP contribution in [0.25, 0.3) is 5.69 Å².